The number of nitrogens with two attached hydrogens (primary N) is 1. The van der Waals surface area contributed by atoms with Crippen LogP contribution in [0.5, 0.6) is 0 Å². The minimum atomic E-state index is 0.108. The van der Waals surface area contributed by atoms with E-state index in [0.717, 1.165) is 10.4 Å². The van der Waals surface area contributed by atoms with Crippen LogP contribution in [0.15, 0.2) is 10.7 Å². The molecule has 0 aromatic carbocycles. The summed E-state index contributed by atoms with van der Waals surface area (Å²) in [6, 6.07) is 0.469. The second-order valence-corrected chi connectivity index (χ2v) is 6.99. The molecule has 1 aromatic rings. The van der Waals surface area contributed by atoms with Crippen LogP contribution >= 0.6 is 15.9 Å². The Balaban J connectivity index is 2.12. The van der Waals surface area contributed by atoms with Crippen molar-refractivity contribution >= 4 is 15.9 Å². The summed E-state index contributed by atoms with van der Waals surface area (Å²) in [7, 11) is 0. The predicted molar refractivity (Wildman–Crippen MR) is 83.0 cm³/mol. The van der Waals surface area contributed by atoms with Crippen LogP contribution in [0.4, 0.5) is 0 Å². The number of nitrogens with zero attached hydrogens (tertiary/aromatic N) is 2. The minimum Gasteiger partial charge on any atom is -0.322 e. The summed E-state index contributed by atoms with van der Waals surface area (Å²) < 4.78 is 3.13. The highest BCUT2D eigenvalue weighted by molar-refractivity contribution is 9.10. The van der Waals surface area contributed by atoms with Crippen molar-refractivity contribution in [3.63, 3.8) is 0 Å². The van der Waals surface area contributed by atoms with Gasteiger partial charge in [-0.1, -0.05) is 26.2 Å². The molecule has 0 aliphatic heterocycles. The molecule has 0 bridgehead atoms. The molecule has 1 heterocycles. The van der Waals surface area contributed by atoms with Gasteiger partial charge in [0, 0.05) is 6.04 Å². The molecular weight excluding hydrogens is 302 g/mol. The first-order valence-corrected chi connectivity index (χ1v) is 8.32. The molecule has 2 rings (SSSR count). The van der Waals surface area contributed by atoms with Gasteiger partial charge in [-0.2, -0.15) is 5.10 Å². The van der Waals surface area contributed by atoms with Crippen molar-refractivity contribution in [2.75, 3.05) is 0 Å². The molecule has 1 aliphatic rings. The van der Waals surface area contributed by atoms with E-state index in [9.17, 15) is 0 Å². The quantitative estimate of drug-likeness (QED) is 0.888. The van der Waals surface area contributed by atoms with E-state index in [2.05, 4.69) is 46.5 Å². The van der Waals surface area contributed by atoms with Crippen molar-refractivity contribution in [3.8, 4) is 0 Å². The maximum atomic E-state index is 6.55. The van der Waals surface area contributed by atoms with Gasteiger partial charge in [0.1, 0.15) is 0 Å². The normalized spacial score (nSPS) is 25.8. The van der Waals surface area contributed by atoms with Gasteiger partial charge >= 0.3 is 0 Å². The standard InChI is InChI=1S/C15H26BrN3/c1-4-11-5-7-12(8-6-11)14(17)15-13(16)9-18-19(15)10(2)3/h9-12,14H,4-8,17H2,1-3H3. The van der Waals surface area contributed by atoms with Gasteiger partial charge in [0.25, 0.3) is 0 Å². The lowest BCUT2D eigenvalue weighted by Crippen LogP contribution is -2.28. The van der Waals surface area contributed by atoms with Crippen molar-refractivity contribution in [3.05, 3.63) is 16.4 Å². The van der Waals surface area contributed by atoms with Crippen LogP contribution in [-0.2, 0) is 0 Å². The average Bonchev–Trinajstić information content (AvgIpc) is 2.80. The lowest BCUT2D eigenvalue weighted by molar-refractivity contribution is 0.233. The fourth-order valence-corrected chi connectivity index (χ4v) is 3.79. The van der Waals surface area contributed by atoms with E-state index in [-0.39, 0.29) is 6.04 Å². The van der Waals surface area contributed by atoms with Gasteiger partial charge in [-0.3, -0.25) is 4.68 Å². The molecule has 19 heavy (non-hydrogen) atoms. The summed E-state index contributed by atoms with van der Waals surface area (Å²) in [5.74, 6) is 1.52. The zero-order valence-corrected chi connectivity index (χ0v) is 13.9. The first kappa shape index (κ1) is 15.0. The van der Waals surface area contributed by atoms with Gasteiger partial charge in [-0.05, 0) is 54.5 Å². The molecule has 0 radical (unpaired) electrons. The lowest BCUT2D eigenvalue weighted by atomic mass is 9.77. The van der Waals surface area contributed by atoms with Gasteiger partial charge in [0.15, 0.2) is 0 Å². The molecule has 0 spiro atoms. The van der Waals surface area contributed by atoms with E-state index in [0.29, 0.717) is 12.0 Å². The third-order valence-electron chi connectivity index (χ3n) is 4.57. The lowest BCUT2D eigenvalue weighted by Gasteiger charge is -2.32. The monoisotopic (exact) mass is 327 g/mol. The Hall–Kier alpha value is -0.350. The van der Waals surface area contributed by atoms with Crippen LogP contribution in [-0.4, -0.2) is 9.78 Å². The highest BCUT2D eigenvalue weighted by atomic mass is 79.9. The average molecular weight is 328 g/mol. The SMILES string of the molecule is CCC1CCC(C(N)c2c(Br)cnn2C(C)C)CC1. The van der Waals surface area contributed by atoms with E-state index < -0.39 is 0 Å². The molecule has 0 amide bonds. The van der Waals surface area contributed by atoms with E-state index in [4.69, 9.17) is 5.73 Å². The van der Waals surface area contributed by atoms with Gasteiger partial charge < -0.3 is 5.73 Å². The topological polar surface area (TPSA) is 43.8 Å². The molecule has 1 saturated carbocycles. The van der Waals surface area contributed by atoms with Crippen LogP contribution in [0, 0.1) is 11.8 Å². The summed E-state index contributed by atoms with van der Waals surface area (Å²) in [5.41, 5.74) is 7.73. The maximum Gasteiger partial charge on any atom is 0.0699 e. The molecule has 1 aromatic heterocycles. The van der Waals surface area contributed by atoms with Crippen LogP contribution in [0.25, 0.3) is 0 Å². The minimum absolute atomic E-state index is 0.108. The fourth-order valence-electron chi connectivity index (χ4n) is 3.25. The molecular formula is C15H26BrN3. The number of hydrogen-bond acceptors (Lipinski definition) is 2. The van der Waals surface area contributed by atoms with Crippen LogP contribution in [0.2, 0.25) is 0 Å². The Kier molecular flexibility index (Phi) is 5.07. The van der Waals surface area contributed by atoms with Crippen molar-refractivity contribution in [1.29, 1.82) is 0 Å². The molecule has 108 valence electrons. The summed E-state index contributed by atoms with van der Waals surface area (Å²) >= 11 is 3.61. The third kappa shape index (κ3) is 3.22. The third-order valence-corrected chi connectivity index (χ3v) is 5.18. The Morgan fingerprint density at radius 2 is 2.00 bits per heavy atom. The second-order valence-electron chi connectivity index (χ2n) is 6.13. The highest BCUT2D eigenvalue weighted by Crippen LogP contribution is 2.39. The summed E-state index contributed by atoms with van der Waals surface area (Å²) in [4.78, 5) is 0. The highest BCUT2D eigenvalue weighted by Gasteiger charge is 2.29. The number of halogens is 1. The zero-order valence-electron chi connectivity index (χ0n) is 12.3. The van der Waals surface area contributed by atoms with E-state index in [1.54, 1.807) is 0 Å². The van der Waals surface area contributed by atoms with Crippen molar-refractivity contribution in [2.24, 2.45) is 17.6 Å². The van der Waals surface area contributed by atoms with Gasteiger partial charge in [-0.25, -0.2) is 0 Å². The largest absolute Gasteiger partial charge is 0.322 e. The molecule has 1 atom stereocenters. The fraction of sp³-hybridized carbons (Fsp3) is 0.800. The first-order chi connectivity index (χ1) is 9.04. The second kappa shape index (κ2) is 6.40. The van der Waals surface area contributed by atoms with E-state index in [1.165, 1.54) is 37.8 Å². The summed E-state index contributed by atoms with van der Waals surface area (Å²) in [6.45, 7) is 6.61. The Bertz CT molecular complexity index is 406. The van der Waals surface area contributed by atoms with Gasteiger partial charge in [0.05, 0.1) is 22.4 Å². The van der Waals surface area contributed by atoms with Gasteiger partial charge in [-0.15, -0.1) is 0 Å². The van der Waals surface area contributed by atoms with Crippen molar-refractivity contribution < 1.29 is 0 Å². The molecule has 0 saturated heterocycles. The molecule has 3 nitrogen and oxygen atoms in total. The molecule has 2 N–H and O–H groups in total. The summed E-state index contributed by atoms with van der Waals surface area (Å²) in [5, 5.41) is 4.45. The van der Waals surface area contributed by atoms with Crippen LogP contribution < -0.4 is 5.73 Å². The van der Waals surface area contributed by atoms with E-state index in [1.807, 2.05) is 6.20 Å². The molecule has 1 fully saturated rings. The number of rotatable bonds is 4. The predicted octanol–water partition coefficient (Wildman–Crippen LogP) is 4.44. The Morgan fingerprint density at radius 1 is 1.37 bits per heavy atom. The zero-order chi connectivity index (χ0) is 14.0. The molecule has 4 heteroatoms. The van der Waals surface area contributed by atoms with Crippen molar-refractivity contribution in [1.82, 2.24) is 9.78 Å². The maximum absolute atomic E-state index is 6.55. The smallest absolute Gasteiger partial charge is 0.0699 e. The summed E-state index contributed by atoms with van der Waals surface area (Å²) in [6.07, 6.45) is 8.39. The molecule has 1 unspecified atom stereocenters. The van der Waals surface area contributed by atoms with Crippen LogP contribution in [0.3, 0.4) is 0 Å². The van der Waals surface area contributed by atoms with Crippen LogP contribution in [0.1, 0.15) is 70.7 Å². The molecule has 1 aliphatic carbocycles. The van der Waals surface area contributed by atoms with Gasteiger partial charge in [0.2, 0.25) is 0 Å². The first-order valence-electron chi connectivity index (χ1n) is 7.53. The Labute approximate surface area is 125 Å². The number of hydrogen-bond donors (Lipinski definition) is 1. The Morgan fingerprint density at radius 3 is 2.53 bits per heavy atom. The van der Waals surface area contributed by atoms with E-state index >= 15 is 0 Å². The number of aromatic nitrogens is 2. The van der Waals surface area contributed by atoms with Crippen molar-refractivity contribution in [2.45, 2.75) is 65.0 Å².